The van der Waals surface area contributed by atoms with Gasteiger partial charge in [-0.3, -0.25) is 9.59 Å². The summed E-state index contributed by atoms with van der Waals surface area (Å²) in [6.45, 7) is 9.60. The van der Waals surface area contributed by atoms with E-state index in [-0.39, 0.29) is 11.8 Å². The number of amides is 2. The predicted octanol–water partition coefficient (Wildman–Crippen LogP) is 7.41. The highest BCUT2D eigenvalue weighted by Crippen LogP contribution is 2.30. The fraction of sp³-hybridized carbons (Fsp3) is 0.250. The summed E-state index contributed by atoms with van der Waals surface area (Å²) in [5, 5.41) is 7.66. The van der Waals surface area contributed by atoms with Gasteiger partial charge < -0.3 is 20.1 Å². The largest absolute Gasteiger partial charge is 0.493 e. The van der Waals surface area contributed by atoms with E-state index in [0.717, 1.165) is 22.3 Å². The van der Waals surface area contributed by atoms with Crippen molar-refractivity contribution in [2.75, 3.05) is 23.8 Å². The van der Waals surface area contributed by atoms with Gasteiger partial charge in [-0.25, -0.2) is 0 Å². The molecule has 0 aliphatic rings. The minimum Gasteiger partial charge on any atom is -0.493 e. The van der Waals surface area contributed by atoms with Gasteiger partial charge in [-0.05, 0) is 72.5 Å². The molecule has 0 aromatic heterocycles. The van der Waals surface area contributed by atoms with Crippen molar-refractivity contribution in [1.29, 1.82) is 0 Å². The van der Waals surface area contributed by atoms with E-state index in [9.17, 15) is 9.59 Å². The van der Waals surface area contributed by atoms with Crippen molar-refractivity contribution in [3.63, 3.8) is 0 Å². The van der Waals surface area contributed by atoms with Crippen LogP contribution in [0.25, 0.3) is 10.8 Å². The molecular weight excluding hydrogens is 476 g/mol. The number of carbonyl (C=O) groups is 2. The lowest BCUT2D eigenvalue weighted by Gasteiger charge is -2.13. The average molecular weight is 511 g/mol. The maximum Gasteiger partial charge on any atom is 0.255 e. The van der Waals surface area contributed by atoms with E-state index in [1.807, 2.05) is 36.4 Å². The quantitative estimate of drug-likeness (QED) is 0.233. The third kappa shape index (κ3) is 6.91. The predicted molar refractivity (Wildman–Crippen MR) is 153 cm³/mol. The summed E-state index contributed by atoms with van der Waals surface area (Å²) in [6.07, 6.45) is 0. The van der Waals surface area contributed by atoms with Crippen molar-refractivity contribution in [3.8, 4) is 11.5 Å². The normalized spacial score (nSPS) is 11.0. The molecule has 0 unspecified atom stereocenters. The lowest BCUT2D eigenvalue weighted by molar-refractivity contribution is 0.101. The Hall–Kier alpha value is -4.32. The summed E-state index contributed by atoms with van der Waals surface area (Å²) < 4.78 is 11.4. The van der Waals surface area contributed by atoms with Crippen molar-refractivity contribution in [2.24, 2.45) is 11.8 Å². The summed E-state index contributed by atoms with van der Waals surface area (Å²) in [6, 6.07) is 25.5. The van der Waals surface area contributed by atoms with Crippen LogP contribution in [-0.2, 0) is 0 Å². The van der Waals surface area contributed by atoms with Crippen molar-refractivity contribution in [1.82, 2.24) is 0 Å². The highest BCUT2D eigenvalue weighted by atomic mass is 16.5. The van der Waals surface area contributed by atoms with E-state index in [0.29, 0.717) is 47.6 Å². The van der Waals surface area contributed by atoms with E-state index in [1.165, 1.54) is 0 Å². The summed E-state index contributed by atoms with van der Waals surface area (Å²) in [7, 11) is 0. The van der Waals surface area contributed by atoms with Gasteiger partial charge >= 0.3 is 0 Å². The van der Waals surface area contributed by atoms with Gasteiger partial charge in [0.15, 0.2) is 0 Å². The van der Waals surface area contributed by atoms with E-state index in [1.54, 1.807) is 48.5 Å². The summed E-state index contributed by atoms with van der Waals surface area (Å²) in [4.78, 5) is 25.9. The van der Waals surface area contributed by atoms with Crippen LogP contribution in [0.15, 0.2) is 84.9 Å². The number of fused-ring (bicyclic) bond motifs is 1. The van der Waals surface area contributed by atoms with Gasteiger partial charge in [-0.15, -0.1) is 0 Å². The molecule has 0 spiro atoms. The van der Waals surface area contributed by atoms with Gasteiger partial charge in [-0.2, -0.15) is 0 Å². The van der Waals surface area contributed by atoms with Crippen LogP contribution in [0.3, 0.4) is 0 Å². The first kappa shape index (κ1) is 26.7. The minimum absolute atomic E-state index is 0.220. The van der Waals surface area contributed by atoms with Crippen LogP contribution in [0.5, 0.6) is 11.5 Å². The number of hydrogen-bond donors (Lipinski definition) is 2. The number of ether oxygens (including phenoxy) is 2. The first-order valence-corrected chi connectivity index (χ1v) is 12.9. The van der Waals surface area contributed by atoms with Gasteiger partial charge in [0.25, 0.3) is 11.8 Å². The van der Waals surface area contributed by atoms with Gasteiger partial charge in [0.05, 0.1) is 13.2 Å². The molecule has 0 bridgehead atoms. The molecule has 0 saturated heterocycles. The molecule has 196 valence electrons. The van der Waals surface area contributed by atoms with Crippen molar-refractivity contribution in [3.05, 3.63) is 96.1 Å². The first-order chi connectivity index (χ1) is 18.3. The van der Waals surface area contributed by atoms with E-state index in [2.05, 4.69) is 38.3 Å². The molecule has 2 amide bonds. The summed E-state index contributed by atoms with van der Waals surface area (Å²) in [5.74, 6) is 1.88. The fourth-order valence-corrected chi connectivity index (χ4v) is 3.85. The van der Waals surface area contributed by atoms with E-state index in [4.69, 9.17) is 9.47 Å². The number of nitrogens with one attached hydrogen (secondary N) is 2. The Morgan fingerprint density at radius 3 is 1.29 bits per heavy atom. The Labute approximate surface area is 224 Å². The van der Waals surface area contributed by atoms with Crippen LogP contribution >= 0.6 is 0 Å². The Morgan fingerprint density at radius 2 is 0.947 bits per heavy atom. The molecule has 2 N–H and O–H groups in total. The standard InChI is InChI=1S/C32H34N2O4/c1-21(2)19-37-25-15-11-23(12-16-25)31(35)33-29-9-5-8-28-27(29)7-6-10-30(28)34-32(36)24-13-17-26(18-14-24)38-20-22(3)4/h5-18,21-22H,19-20H2,1-4H3,(H,33,35)(H,34,36). The maximum atomic E-state index is 13.0. The van der Waals surface area contributed by atoms with Crippen LogP contribution in [0.2, 0.25) is 0 Å². The fourth-order valence-electron chi connectivity index (χ4n) is 3.85. The van der Waals surface area contributed by atoms with Crippen LogP contribution in [-0.4, -0.2) is 25.0 Å². The van der Waals surface area contributed by atoms with Crippen LogP contribution in [0, 0.1) is 11.8 Å². The van der Waals surface area contributed by atoms with Gasteiger partial charge in [0, 0.05) is 33.3 Å². The molecule has 0 saturated carbocycles. The van der Waals surface area contributed by atoms with Crippen molar-refractivity contribution in [2.45, 2.75) is 27.7 Å². The zero-order valence-electron chi connectivity index (χ0n) is 22.3. The molecule has 6 heteroatoms. The molecule has 4 rings (SSSR count). The third-order valence-corrected chi connectivity index (χ3v) is 5.82. The van der Waals surface area contributed by atoms with Gasteiger partial charge in [0.1, 0.15) is 11.5 Å². The number of rotatable bonds is 10. The second-order valence-electron chi connectivity index (χ2n) is 10.1. The SMILES string of the molecule is CC(C)COc1ccc(C(=O)Nc2cccc3c(NC(=O)c4ccc(OCC(C)C)cc4)cccc23)cc1. The van der Waals surface area contributed by atoms with E-state index >= 15 is 0 Å². The smallest absolute Gasteiger partial charge is 0.255 e. The van der Waals surface area contributed by atoms with Gasteiger partial charge in [-0.1, -0.05) is 52.0 Å². The molecular formula is C32H34N2O4. The van der Waals surface area contributed by atoms with Crippen LogP contribution in [0.1, 0.15) is 48.4 Å². The lowest BCUT2D eigenvalue weighted by atomic mass is 10.1. The zero-order valence-corrected chi connectivity index (χ0v) is 22.3. The monoisotopic (exact) mass is 510 g/mol. The third-order valence-electron chi connectivity index (χ3n) is 5.82. The molecule has 0 fully saturated rings. The summed E-state index contributed by atoms with van der Waals surface area (Å²) >= 11 is 0. The molecule has 6 nitrogen and oxygen atoms in total. The molecule has 4 aromatic carbocycles. The molecule has 0 radical (unpaired) electrons. The Kier molecular flexibility index (Phi) is 8.64. The second-order valence-corrected chi connectivity index (χ2v) is 10.1. The number of benzene rings is 4. The molecule has 4 aromatic rings. The number of hydrogen-bond acceptors (Lipinski definition) is 4. The molecule has 38 heavy (non-hydrogen) atoms. The highest BCUT2D eigenvalue weighted by molar-refractivity contribution is 6.14. The van der Waals surface area contributed by atoms with E-state index < -0.39 is 0 Å². The summed E-state index contributed by atoms with van der Waals surface area (Å²) in [5.41, 5.74) is 2.39. The topological polar surface area (TPSA) is 76.7 Å². The van der Waals surface area contributed by atoms with Crippen LogP contribution in [0.4, 0.5) is 11.4 Å². The highest BCUT2D eigenvalue weighted by Gasteiger charge is 2.13. The molecule has 0 aliphatic carbocycles. The lowest BCUT2D eigenvalue weighted by Crippen LogP contribution is -2.13. The molecule has 0 aliphatic heterocycles. The van der Waals surface area contributed by atoms with Crippen molar-refractivity contribution < 1.29 is 19.1 Å². The first-order valence-electron chi connectivity index (χ1n) is 12.9. The molecule has 0 atom stereocenters. The van der Waals surface area contributed by atoms with Gasteiger partial charge in [0.2, 0.25) is 0 Å². The Balaban J connectivity index is 1.47. The van der Waals surface area contributed by atoms with Crippen LogP contribution < -0.4 is 20.1 Å². The average Bonchev–Trinajstić information content (AvgIpc) is 2.91. The maximum absolute atomic E-state index is 13.0. The second kappa shape index (κ2) is 12.3. The Morgan fingerprint density at radius 1 is 0.579 bits per heavy atom. The molecule has 0 heterocycles. The number of carbonyl (C=O) groups excluding carboxylic acids is 2. The zero-order chi connectivity index (χ0) is 27.1. The Bertz CT molecular complexity index is 1280. The van der Waals surface area contributed by atoms with Crippen molar-refractivity contribution >= 4 is 34.0 Å². The minimum atomic E-state index is -0.220. The number of anilines is 2.